The van der Waals surface area contributed by atoms with Gasteiger partial charge in [-0.05, 0) is 31.0 Å². The average Bonchev–Trinajstić information content (AvgIpc) is 2.20. The Hall–Kier alpha value is -1.05. The molecule has 1 aliphatic heterocycles. The predicted octanol–water partition coefficient (Wildman–Crippen LogP) is 2.99. The highest BCUT2D eigenvalue weighted by Crippen LogP contribution is 2.60. The molecule has 17 heavy (non-hydrogen) atoms. The van der Waals surface area contributed by atoms with Crippen molar-refractivity contribution in [2.75, 3.05) is 13.2 Å². The number of thioether (sulfide) groups is 1. The zero-order valence-electron chi connectivity index (χ0n) is 9.28. The van der Waals surface area contributed by atoms with Gasteiger partial charge in [0.2, 0.25) is 0 Å². The lowest BCUT2D eigenvalue weighted by Gasteiger charge is -2.56. The van der Waals surface area contributed by atoms with Crippen LogP contribution in [0.15, 0.2) is 29.2 Å². The van der Waals surface area contributed by atoms with E-state index in [1.165, 1.54) is 23.9 Å². The van der Waals surface area contributed by atoms with E-state index in [1.54, 1.807) is 6.07 Å². The van der Waals surface area contributed by atoms with Gasteiger partial charge in [0.15, 0.2) is 0 Å². The Morgan fingerprint density at radius 2 is 2.12 bits per heavy atom. The molecule has 0 radical (unpaired) electrons. The molecule has 1 spiro atoms. The first-order valence-electron chi connectivity index (χ1n) is 5.59. The van der Waals surface area contributed by atoms with Gasteiger partial charge in [0.05, 0.1) is 19.3 Å². The Labute approximate surface area is 104 Å². The summed E-state index contributed by atoms with van der Waals surface area (Å²) in [6, 6.07) is 8.85. The van der Waals surface area contributed by atoms with Crippen LogP contribution in [0.5, 0.6) is 0 Å². The summed E-state index contributed by atoms with van der Waals surface area (Å²) in [6.45, 7) is 1.56. The van der Waals surface area contributed by atoms with Gasteiger partial charge < -0.3 is 4.74 Å². The molecule has 1 aromatic carbocycles. The highest BCUT2D eigenvalue weighted by Gasteiger charge is 2.59. The summed E-state index contributed by atoms with van der Waals surface area (Å²) < 4.78 is 17.9. The minimum Gasteiger partial charge on any atom is -0.380 e. The van der Waals surface area contributed by atoms with Crippen LogP contribution in [0.3, 0.4) is 0 Å². The number of halogens is 1. The van der Waals surface area contributed by atoms with E-state index in [1.807, 2.05) is 6.07 Å². The third kappa shape index (κ3) is 1.84. The van der Waals surface area contributed by atoms with Gasteiger partial charge in [-0.15, -0.1) is 11.8 Å². The maximum atomic E-state index is 13.1. The molecule has 0 unspecified atom stereocenters. The minimum absolute atomic E-state index is 0.246. The Balaban J connectivity index is 1.74. The molecule has 2 aliphatic rings. The number of nitrogens with zero attached hydrogens (tertiary/aromatic N) is 1. The Morgan fingerprint density at radius 1 is 1.35 bits per heavy atom. The molecule has 0 N–H and O–H groups in total. The molecule has 1 aromatic rings. The molecular formula is C13H12FNOS. The predicted molar refractivity (Wildman–Crippen MR) is 63.1 cm³/mol. The summed E-state index contributed by atoms with van der Waals surface area (Å²) in [5.41, 5.74) is 0.246. The van der Waals surface area contributed by atoms with Crippen molar-refractivity contribution in [2.45, 2.75) is 22.5 Å². The highest BCUT2D eigenvalue weighted by molar-refractivity contribution is 8.01. The molecule has 88 valence electrons. The summed E-state index contributed by atoms with van der Waals surface area (Å²) in [5.74, 6) is -0.246. The lowest BCUT2D eigenvalue weighted by atomic mass is 9.60. The normalized spacial score (nSPS) is 23.5. The number of nitriles is 1. The highest BCUT2D eigenvalue weighted by atomic mass is 32.2. The summed E-state index contributed by atoms with van der Waals surface area (Å²) >= 11 is 1.49. The fraction of sp³-hybridized carbons (Fsp3) is 0.462. The Morgan fingerprint density at radius 3 is 2.65 bits per heavy atom. The molecule has 0 amide bonds. The molecule has 1 saturated carbocycles. The van der Waals surface area contributed by atoms with Gasteiger partial charge in [-0.2, -0.15) is 5.26 Å². The van der Waals surface area contributed by atoms with E-state index in [9.17, 15) is 9.65 Å². The van der Waals surface area contributed by atoms with Crippen molar-refractivity contribution < 1.29 is 9.13 Å². The second kappa shape index (κ2) is 3.72. The first-order valence-corrected chi connectivity index (χ1v) is 6.41. The fourth-order valence-corrected chi connectivity index (χ4v) is 4.26. The van der Waals surface area contributed by atoms with Crippen LogP contribution < -0.4 is 0 Å². The van der Waals surface area contributed by atoms with Crippen LogP contribution in [0.25, 0.3) is 0 Å². The van der Waals surface area contributed by atoms with E-state index in [4.69, 9.17) is 4.74 Å². The number of hydrogen-bond donors (Lipinski definition) is 0. The van der Waals surface area contributed by atoms with E-state index in [0.29, 0.717) is 0 Å². The monoisotopic (exact) mass is 249 g/mol. The van der Waals surface area contributed by atoms with Crippen LogP contribution in [0.1, 0.15) is 12.8 Å². The SMILES string of the molecule is N#CC1(Sc2cccc(F)c2)CC2(COC2)C1. The van der Waals surface area contributed by atoms with Gasteiger partial charge in [0, 0.05) is 10.3 Å². The summed E-state index contributed by atoms with van der Waals surface area (Å²) in [4.78, 5) is 0.835. The molecule has 0 aromatic heterocycles. The van der Waals surface area contributed by atoms with Gasteiger partial charge in [0.25, 0.3) is 0 Å². The number of ether oxygens (including phenoxy) is 1. The van der Waals surface area contributed by atoms with Crippen molar-refractivity contribution >= 4 is 11.8 Å². The zero-order chi connectivity index (χ0) is 11.9. The molecule has 0 atom stereocenters. The van der Waals surface area contributed by atoms with Gasteiger partial charge in [-0.25, -0.2) is 4.39 Å². The molecule has 1 saturated heterocycles. The molecular weight excluding hydrogens is 237 g/mol. The zero-order valence-corrected chi connectivity index (χ0v) is 10.1. The molecule has 4 heteroatoms. The van der Waals surface area contributed by atoms with Gasteiger partial charge >= 0.3 is 0 Å². The van der Waals surface area contributed by atoms with Crippen molar-refractivity contribution in [1.29, 1.82) is 5.26 Å². The quantitative estimate of drug-likeness (QED) is 0.807. The smallest absolute Gasteiger partial charge is 0.124 e. The van der Waals surface area contributed by atoms with Gasteiger partial charge in [-0.1, -0.05) is 6.07 Å². The van der Waals surface area contributed by atoms with Gasteiger partial charge in [-0.3, -0.25) is 0 Å². The van der Waals surface area contributed by atoms with Crippen molar-refractivity contribution in [2.24, 2.45) is 5.41 Å². The maximum absolute atomic E-state index is 13.1. The summed E-state index contributed by atoms with van der Waals surface area (Å²) in [5, 5.41) is 9.31. The molecule has 1 aliphatic carbocycles. The molecule has 2 nitrogen and oxygen atoms in total. The summed E-state index contributed by atoms with van der Waals surface area (Å²) in [7, 11) is 0. The van der Waals surface area contributed by atoms with Crippen molar-refractivity contribution in [3.8, 4) is 6.07 Å². The fourth-order valence-electron chi connectivity index (χ4n) is 2.68. The van der Waals surface area contributed by atoms with Crippen LogP contribution in [-0.2, 0) is 4.74 Å². The van der Waals surface area contributed by atoms with Crippen LogP contribution in [0.4, 0.5) is 4.39 Å². The second-order valence-corrected chi connectivity index (χ2v) is 6.47. The standard InChI is InChI=1S/C13H12FNOS/c14-10-2-1-3-11(4-10)17-13(7-15)5-12(6-13)8-16-9-12/h1-4H,5-6,8-9H2. The van der Waals surface area contributed by atoms with E-state index < -0.39 is 0 Å². The Kier molecular flexibility index (Phi) is 2.42. The maximum Gasteiger partial charge on any atom is 0.124 e. The van der Waals surface area contributed by atoms with E-state index in [-0.39, 0.29) is 16.0 Å². The molecule has 3 rings (SSSR count). The first kappa shape index (κ1) is 11.1. The molecule has 2 fully saturated rings. The lowest BCUT2D eigenvalue weighted by Crippen LogP contribution is -2.59. The van der Waals surface area contributed by atoms with Crippen molar-refractivity contribution in [1.82, 2.24) is 0 Å². The second-order valence-electron chi connectivity index (χ2n) is 5.01. The average molecular weight is 249 g/mol. The first-order chi connectivity index (χ1) is 8.15. The van der Waals surface area contributed by atoms with Crippen LogP contribution in [0.2, 0.25) is 0 Å². The van der Waals surface area contributed by atoms with E-state index in [2.05, 4.69) is 6.07 Å². The molecule has 1 heterocycles. The largest absolute Gasteiger partial charge is 0.380 e. The van der Waals surface area contributed by atoms with E-state index in [0.717, 1.165) is 31.0 Å². The van der Waals surface area contributed by atoms with Gasteiger partial charge in [0.1, 0.15) is 10.6 Å². The minimum atomic E-state index is -0.377. The van der Waals surface area contributed by atoms with Crippen molar-refractivity contribution in [3.05, 3.63) is 30.1 Å². The third-order valence-electron chi connectivity index (χ3n) is 3.45. The number of benzene rings is 1. The third-order valence-corrected chi connectivity index (χ3v) is 4.71. The number of hydrogen-bond acceptors (Lipinski definition) is 3. The van der Waals surface area contributed by atoms with Crippen LogP contribution >= 0.6 is 11.8 Å². The Bertz CT molecular complexity index is 484. The lowest BCUT2D eigenvalue weighted by molar-refractivity contribution is -0.161. The molecule has 0 bridgehead atoms. The summed E-state index contributed by atoms with van der Waals surface area (Å²) in [6.07, 6.45) is 1.72. The van der Waals surface area contributed by atoms with E-state index >= 15 is 0 Å². The van der Waals surface area contributed by atoms with Crippen LogP contribution in [-0.4, -0.2) is 18.0 Å². The van der Waals surface area contributed by atoms with Crippen LogP contribution in [0, 0.1) is 22.6 Å². The topological polar surface area (TPSA) is 33.0 Å². The number of rotatable bonds is 2. The van der Waals surface area contributed by atoms with Crippen molar-refractivity contribution in [3.63, 3.8) is 0 Å².